The molecule has 1 aliphatic rings. The van der Waals surface area contributed by atoms with Crippen molar-refractivity contribution in [2.75, 3.05) is 38.6 Å². The smallest absolute Gasteiger partial charge is 0.248 e. The fourth-order valence-corrected chi connectivity index (χ4v) is 2.04. The third-order valence-electron chi connectivity index (χ3n) is 3.29. The number of amides is 2. The van der Waals surface area contributed by atoms with E-state index in [1.807, 2.05) is 0 Å². The van der Waals surface area contributed by atoms with E-state index in [1.165, 1.54) is 7.05 Å². The first kappa shape index (κ1) is 14.2. The van der Waals surface area contributed by atoms with Crippen LogP contribution in [-0.4, -0.2) is 56.2 Å². The highest BCUT2D eigenvalue weighted by atomic mass is 16.2. The second kappa shape index (κ2) is 5.83. The molecule has 1 heterocycles. The molecule has 0 radical (unpaired) electrons. The molecule has 106 valence electrons. The van der Waals surface area contributed by atoms with Gasteiger partial charge < -0.3 is 10.2 Å². The van der Waals surface area contributed by atoms with Gasteiger partial charge in [0.25, 0.3) is 0 Å². The average Bonchev–Trinajstić information content (AvgIpc) is 2.44. The van der Waals surface area contributed by atoms with E-state index in [0.717, 1.165) is 10.6 Å². The zero-order chi connectivity index (χ0) is 14.7. The van der Waals surface area contributed by atoms with Crippen LogP contribution >= 0.6 is 0 Å². The highest BCUT2D eigenvalue weighted by molar-refractivity contribution is 6.02. The Morgan fingerprint density at radius 1 is 1.15 bits per heavy atom. The zero-order valence-corrected chi connectivity index (χ0v) is 11.5. The number of carbonyl (C=O) groups is 3. The summed E-state index contributed by atoms with van der Waals surface area (Å²) >= 11 is 0. The Kier molecular flexibility index (Phi) is 4.14. The van der Waals surface area contributed by atoms with Gasteiger partial charge in [0.15, 0.2) is 5.78 Å². The highest BCUT2D eigenvalue weighted by Gasteiger charge is 2.28. The third kappa shape index (κ3) is 2.85. The summed E-state index contributed by atoms with van der Waals surface area (Å²) in [5.41, 5.74) is 1.37. The van der Waals surface area contributed by atoms with E-state index in [0.29, 0.717) is 5.56 Å². The number of imide groups is 1. The van der Waals surface area contributed by atoms with Gasteiger partial charge in [0.05, 0.1) is 19.6 Å². The lowest BCUT2D eigenvalue weighted by molar-refractivity contribution is -0.143. The van der Waals surface area contributed by atoms with Crippen LogP contribution in [0.2, 0.25) is 0 Å². The number of hydrogen-bond acceptors (Lipinski definition) is 5. The number of ketones is 1. The van der Waals surface area contributed by atoms with Gasteiger partial charge in [0.1, 0.15) is 0 Å². The molecule has 0 saturated carbocycles. The van der Waals surface area contributed by atoms with E-state index in [1.54, 1.807) is 36.2 Å². The maximum absolute atomic E-state index is 11.7. The largest absolute Gasteiger partial charge is 0.353 e. The van der Waals surface area contributed by atoms with E-state index in [-0.39, 0.29) is 37.2 Å². The third-order valence-corrected chi connectivity index (χ3v) is 3.29. The molecule has 6 heteroatoms. The Labute approximate surface area is 117 Å². The van der Waals surface area contributed by atoms with Crippen molar-refractivity contribution >= 4 is 23.3 Å². The summed E-state index contributed by atoms with van der Waals surface area (Å²) in [4.78, 5) is 37.8. The van der Waals surface area contributed by atoms with Gasteiger partial charge in [-0.2, -0.15) is 0 Å². The SMILES string of the molecule is CNCC(=O)c1ccc(N2CC(=O)N(C)C(=O)C2)cc1. The first-order valence-corrected chi connectivity index (χ1v) is 6.35. The Balaban J connectivity index is 2.12. The van der Waals surface area contributed by atoms with Gasteiger partial charge >= 0.3 is 0 Å². The van der Waals surface area contributed by atoms with Crippen molar-refractivity contribution in [1.29, 1.82) is 0 Å². The Bertz CT molecular complexity index is 521. The minimum atomic E-state index is -0.225. The number of carbonyl (C=O) groups excluding carboxylic acids is 3. The van der Waals surface area contributed by atoms with E-state index in [4.69, 9.17) is 0 Å². The van der Waals surface area contributed by atoms with Crippen molar-refractivity contribution in [3.63, 3.8) is 0 Å². The molecular formula is C14H17N3O3. The summed E-state index contributed by atoms with van der Waals surface area (Å²) < 4.78 is 0. The summed E-state index contributed by atoms with van der Waals surface area (Å²) in [5, 5.41) is 2.81. The van der Waals surface area contributed by atoms with Crippen LogP contribution < -0.4 is 10.2 Å². The summed E-state index contributed by atoms with van der Waals surface area (Å²) in [7, 11) is 3.20. The van der Waals surface area contributed by atoms with Crippen LogP contribution in [0.1, 0.15) is 10.4 Å². The fourth-order valence-electron chi connectivity index (χ4n) is 2.04. The number of likely N-dealkylation sites (N-methyl/N-ethyl adjacent to an activating group) is 2. The monoisotopic (exact) mass is 275 g/mol. The number of anilines is 1. The van der Waals surface area contributed by atoms with Gasteiger partial charge in [-0.1, -0.05) is 0 Å². The summed E-state index contributed by atoms with van der Waals surface area (Å²) in [5.74, 6) is -0.447. The predicted octanol–water partition coefficient (Wildman–Crippen LogP) is -0.106. The van der Waals surface area contributed by atoms with E-state index >= 15 is 0 Å². The normalized spacial score (nSPS) is 15.7. The summed E-state index contributed by atoms with van der Waals surface area (Å²) in [6, 6.07) is 6.94. The molecule has 1 saturated heterocycles. The molecule has 2 rings (SSSR count). The summed E-state index contributed by atoms with van der Waals surface area (Å²) in [6.07, 6.45) is 0. The van der Waals surface area contributed by atoms with E-state index < -0.39 is 0 Å². The molecular weight excluding hydrogens is 258 g/mol. The Morgan fingerprint density at radius 2 is 1.70 bits per heavy atom. The van der Waals surface area contributed by atoms with Gasteiger partial charge in [0.2, 0.25) is 11.8 Å². The van der Waals surface area contributed by atoms with Gasteiger partial charge in [-0.25, -0.2) is 0 Å². The number of piperazine rings is 1. The molecule has 6 nitrogen and oxygen atoms in total. The summed E-state index contributed by atoms with van der Waals surface area (Å²) in [6.45, 7) is 0.628. The van der Waals surface area contributed by atoms with Gasteiger partial charge in [-0.15, -0.1) is 0 Å². The molecule has 1 aromatic carbocycles. The molecule has 0 aromatic heterocycles. The number of nitrogens with zero attached hydrogens (tertiary/aromatic N) is 2. The molecule has 0 unspecified atom stereocenters. The van der Waals surface area contributed by atoms with Crippen LogP contribution in [0.15, 0.2) is 24.3 Å². The van der Waals surface area contributed by atoms with Crippen molar-refractivity contribution in [2.24, 2.45) is 0 Å². The molecule has 0 aliphatic carbocycles. The highest BCUT2D eigenvalue weighted by Crippen LogP contribution is 2.18. The van der Waals surface area contributed by atoms with Crippen LogP contribution in [0.5, 0.6) is 0 Å². The first-order valence-electron chi connectivity index (χ1n) is 6.35. The first-order chi connectivity index (χ1) is 9.52. The minimum Gasteiger partial charge on any atom is -0.353 e. The average molecular weight is 275 g/mol. The van der Waals surface area contributed by atoms with E-state index in [2.05, 4.69) is 5.32 Å². The zero-order valence-electron chi connectivity index (χ0n) is 11.5. The lowest BCUT2D eigenvalue weighted by Crippen LogP contribution is -2.52. The number of hydrogen-bond donors (Lipinski definition) is 1. The molecule has 0 spiro atoms. The maximum Gasteiger partial charge on any atom is 0.248 e. The number of nitrogens with one attached hydrogen (secondary N) is 1. The maximum atomic E-state index is 11.7. The van der Waals surface area contributed by atoms with Gasteiger partial charge in [-0.05, 0) is 31.3 Å². The van der Waals surface area contributed by atoms with Crippen LogP contribution in [0.4, 0.5) is 5.69 Å². The molecule has 2 amide bonds. The predicted molar refractivity (Wildman–Crippen MR) is 74.7 cm³/mol. The number of rotatable bonds is 4. The van der Waals surface area contributed by atoms with Crippen molar-refractivity contribution in [3.05, 3.63) is 29.8 Å². The second-order valence-corrected chi connectivity index (χ2v) is 4.70. The molecule has 1 N–H and O–H groups in total. The Morgan fingerprint density at radius 3 is 2.20 bits per heavy atom. The molecule has 1 aliphatic heterocycles. The van der Waals surface area contributed by atoms with Gasteiger partial charge in [-0.3, -0.25) is 19.3 Å². The standard InChI is InChI=1S/C14H17N3O3/c1-15-7-12(18)10-3-5-11(6-4-10)17-8-13(19)16(2)14(20)9-17/h3-6,15H,7-9H2,1-2H3. The van der Waals surface area contributed by atoms with E-state index in [9.17, 15) is 14.4 Å². The lowest BCUT2D eigenvalue weighted by atomic mass is 10.1. The quantitative estimate of drug-likeness (QED) is 0.613. The molecule has 20 heavy (non-hydrogen) atoms. The molecule has 1 aromatic rings. The van der Waals surface area contributed by atoms with Gasteiger partial charge in [0, 0.05) is 18.3 Å². The van der Waals surface area contributed by atoms with Crippen molar-refractivity contribution < 1.29 is 14.4 Å². The number of benzene rings is 1. The lowest BCUT2D eigenvalue weighted by Gasteiger charge is -2.31. The molecule has 0 atom stereocenters. The number of Topliss-reactive ketones (excluding diaryl/α,β-unsaturated/α-hetero) is 1. The van der Waals surface area contributed by atoms with Crippen molar-refractivity contribution in [3.8, 4) is 0 Å². The second-order valence-electron chi connectivity index (χ2n) is 4.70. The van der Waals surface area contributed by atoms with Crippen molar-refractivity contribution in [2.45, 2.75) is 0 Å². The topological polar surface area (TPSA) is 69.7 Å². The van der Waals surface area contributed by atoms with Crippen molar-refractivity contribution in [1.82, 2.24) is 10.2 Å². The van der Waals surface area contributed by atoms with Crippen LogP contribution in [-0.2, 0) is 9.59 Å². The fraction of sp³-hybridized carbons (Fsp3) is 0.357. The minimum absolute atomic E-state index is 0.00424. The van der Waals surface area contributed by atoms with Crippen LogP contribution in [0.25, 0.3) is 0 Å². The van der Waals surface area contributed by atoms with Crippen LogP contribution in [0, 0.1) is 0 Å². The van der Waals surface area contributed by atoms with Crippen LogP contribution in [0.3, 0.4) is 0 Å². The molecule has 1 fully saturated rings. The molecule has 0 bridgehead atoms. The Hall–Kier alpha value is -2.21.